The fourth-order valence-electron chi connectivity index (χ4n) is 2.24. The Bertz CT molecular complexity index is 473. The Hall–Kier alpha value is -1.96. The van der Waals surface area contributed by atoms with Crippen molar-refractivity contribution in [3.05, 3.63) is 11.9 Å². The lowest BCUT2D eigenvalue weighted by atomic mass is 10.0. The number of carboxylic acids is 1. The third-order valence-corrected chi connectivity index (χ3v) is 3.30. The van der Waals surface area contributed by atoms with Crippen LogP contribution in [0.4, 0.5) is 0 Å². The minimum absolute atomic E-state index is 0.0384. The number of hydrogen-bond acceptors (Lipinski definition) is 5. The summed E-state index contributed by atoms with van der Waals surface area (Å²) in [5.74, 6) is -1.26. The maximum Gasteiger partial charge on any atom is 0.358 e. The van der Waals surface area contributed by atoms with Crippen LogP contribution in [-0.4, -0.2) is 44.6 Å². The minimum atomic E-state index is -1.12. The minimum Gasteiger partial charge on any atom is -0.476 e. The van der Waals surface area contributed by atoms with E-state index in [9.17, 15) is 9.59 Å². The third-order valence-electron chi connectivity index (χ3n) is 3.30. The van der Waals surface area contributed by atoms with Gasteiger partial charge in [0.15, 0.2) is 5.69 Å². The number of nitrogens with zero attached hydrogens (tertiary/aromatic N) is 3. The second kappa shape index (κ2) is 5.79. The Morgan fingerprint density at radius 2 is 2.32 bits per heavy atom. The molecule has 19 heavy (non-hydrogen) atoms. The van der Waals surface area contributed by atoms with Gasteiger partial charge in [0.05, 0.1) is 18.7 Å². The molecular weight excluding hydrogens is 250 g/mol. The number of rotatable bonds is 5. The fourth-order valence-corrected chi connectivity index (χ4v) is 2.24. The number of nitrogens with two attached hydrogens (primary N) is 1. The van der Waals surface area contributed by atoms with Crippen molar-refractivity contribution in [1.29, 1.82) is 0 Å². The monoisotopic (exact) mass is 267 g/mol. The van der Waals surface area contributed by atoms with E-state index in [0.717, 1.165) is 19.3 Å². The molecule has 104 valence electrons. The van der Waals surface area contributed by atoms with Gasteiger partial charge in [-0.3, -0.25) is 4.79 Å². The van der Waals surface area contributed by atoms with E-state index in [0.29, 0.717) is 13.1 Å². The maximum atomic E-state index is 11.8. The Labute approximate surface area is 110 Å². The number of carbonyl (C=O) groups excluding carboxylic acids is 1. The number of carboxylic acid groups (broad SMARTS) is 1. The van der Waals surface area contributed by atoms with Crippen molar-refractivity contribution in [2.24, 2.45) is 11.7 Å². The van der Waals surface area contributed by atoms with Crippen molar-refractivity contribution >= 4 is 11.9 Å². The van der Waals surface area contributed by atoms with Crippen LogP contribution in [0.15, 0.2) is 6.20 Å². The van der Waals surface area contributed by atoms with E-state index in [1.54, 1.807) is 0 Å². The maximum absolute atomic E-state index is 11.8. The van der Waals surface area contributed by atoms with Crippen molar-refractivity contribution < 1.29 is 14.7 Å². The summed E-state index contributed by atoms with van der Waals surface area (Å²) in [6.45, 7) is 0.762. The largest absolute Gasteiger partial charge is 0.476 e. The molecule has 1 fully saturated rings. The summed E-state index contributed by atoms with van der Waals surface area (Å²) < 4.78 is 1.39. The van der Waals surface area contributed by atoms with E-state index in [-0.39, 0.29) is 23.6 Å². The van der Waals surface area contributed by atoms with Crippen LogP contribution < -0.4 is 11.1 Å². The first-order valence-corrected chi connectivity index (χ1v) is 6.24. The quantitative estimate of drug-likeness (QED) is 0.643. The van der Waals surface area contributed by atoms with Crippen LogP contribution in [-0.2, 0) is 11.3 Å². The summed E-state index contributed by atoms with van der Waals surface area (Å²) in [6.07, 6.45) is 4.04. The standard InChI is InChI=1S/C11H17N5O3/c12-8-3-1-2-7(8)10(17)13-4-5-16-6-9(11(18)19)14-15-16/h6-8H,1-5,12H2,(H,13,17)(H,18,19). The molecule has 1 amide bonds. The Morgan fingerprint density at radius 3 is 2.89 bits per heavy atom. The van der Waals surface area contributed by atoms with Gasteiger partial charge < -0.3 is 16.2 Å². The Kier molecular flexibility index (Phi) is 4.10. The van der Waals surface area contributed by atoms with Gasteiger partial charge >= 0.3 is 5.97 Å². The first-order valence-electron chi connectivity index (χ1n) is 6.24. The van der Waals surface area contributed by atoms with Crippen LogP contribution in [0, 0.1) is 5.92 Å². The summed E-state index contributed by atoms with van der Waals surface area (Å²) in [7, 11) is 0. The summed E-state index contributed by atoms with van der Waals surface area (Å²) in [5.41, 5.74) is 5.74. The van der Waals surface area contributed by atoms with Crippen molar-refractivity contribution in [3.63, 3.8) is 0 Å². The fraction of sp³-hybridized carbons (Fsp3) is 0.636. The molecule has 0 spiro atoms. The number of aromatic carboxylic acids is 1. The van der Waals surface area contributed by atoms with Crippen molar-refractivity contribution in [3.8, 4) is 0 Å². The molecule has 0 aliphatic heterocycles. The van der Waals surface area contributed by atoms with E-state index in [4.69, 9.17) is 10.8 Å². The van der Waals surface area contributed by atoms with E-state index < -0.39 is 5.97 Å². The number of hydrogen-bond donors (Lipinski definition) is 3. The highest BCUT2D eigenvalue weighted by atomic mass is 16.4. The number of amides is 1. The smallest absolute Gasteiger partial charge is 0.358 e. The zero-order chi connectivity index (χ0) is 13.8. The molecule has 4 N–H and O–H groups in total. The normalized spacial score (nSPS) is 22.4. The molecule has 2 unspecified atom stereocenters. The molecule has 1 aliphatic rings. The van der Waals surface area contributed by atoms with Gasteiger partial charge in [-0.2, -0.15) is 0 Å². The average Bonchev–Trinajstić information content (AvgIpc) is 2.97. The molecule has 1 heterocycles. The lowest BCUT2D eigenvalue weighted by Crippen LogP contribution is -2.39. The van der Waals surface area contributed by atoms with E-state index >= 15 is 0 Å². The molecule has 1 saturated carbocycles. The van der Waals surface area contributed by atoms with E-state index in [2.05, 4.69) is 15.6 Å². The zero-order valence-electron chi connectivity index (χ0n) is 10.5. The molecule has 0 bridgehead atoms. The van der Waals surface area contributed by atoms with Gasteiger partial charge in [-0.05, 0) is 12.8 Å². The van der Waals surface area contributed by atoms with Crippen LogP contribution in [0.5, 0.6) is 0 Å². The Morgan fingerprint density at radius 1 is 1.53 bits per heavy atom. The van der Waals surface area contributed by atoms with Crippen LogP contribution in [0.25, 0.3) is 0 Å². The molecule has 8 nitrogen and oxygen atoms in total. The highest BCUT2D eigenvalue weighted by molar-refractivity contribution is 5.84. The third kappa shape index (κ3) is 3.28. The molecule has 1 aliphatic carbocycles. The van der Waals surface area contributed by atoms with Crippen molar-refractivity contribution in [2.75, 3.05) is 6.54 Å². The number of nitrogens with one attached hydrogen (secondary N) is 1. The second-order valence-corrected chi connectivity index (χ2v) is 4.66. The first kappa shape index (κ1) is 13.5. The predicted molar refractivity (Wildman–Crippen MR) is 65.3 cm³/mol. The number of carbonyl (C=O) groups is 2. The summed E-state index contributed by atoms with van der Waals surface area (Å²) in [6, 6.07) is -0.0509. The van der Waals surface area contributed by atoms with Gasteiger partial charge in [-0.15, -0.1) is 5.10 Å². The second-order valence-electron chi connectivity index (χ2n) is 4.66. The molecule has 0 aromatic carbocycles. The predicted octanol–water partition coefficient (Wildman–Crippen LogP) is -0.780. The van der Waals surface area contributed by atoms with Crippen LogP contribution >= 0.6 is 0 Å². The van der Waals surface area contributed by atoms with E-state index in [1.165, 1.54) is 10.9 Å². The molecule has 2 atom stereocenters. The Balaban J connectivity index is 1.76. The topological polar surface area (TPSA) is 123 Å². The average molecular weight is 267 g/mol. The lowest BCUT2D eigenvalue weighted by Gasteiger charge is -2.14. The summed E-state index contributed by atoms with van der Waals surface area (Å²) in [5, 5.41) is 18.6. The van der Waals surface area contributed by atoms with Gasteiger partial charge in [0.2, 0.25) is 5.91 Å². The number of aromatic nitrogens is 3. The van der Waals surface area contributed by atoms with E-state index in [1.807, 2.05) is 0 Å². The van der Waals surface area contributed by atoms with Crippen molar-refractivity contribution in [1.82, 2.24) is 20.3 Å². The molecule has 1 aromatic rings. The van der Waals surface area contributed by atoms with Crippen LogP contribution in [0.3, 0.4) is 0 Å². The molecule has 8 heteroatoms. The first-order chi connectivity index (χ1) is 9.08. The summed E-state index contributed by atoms with van der Waals surface area (Å²) >= 11 is 0. The van der Waals surface area contributed by atoms with Crippen molar-refractivity contribution in [2.45, 2.75) is 31.8 Å². The van der Waals surface area contributed by atoms with Gasteiger partial charge in [-0.25, -0.2) is 9.48 Å². The zero-order valence-corrected chi connectivity index (χ0v) is 10.5. The highest BCUT2D eigenvalue weighted by Crippen LogP contribution is 2.23. The molecule has 2 rings (SSSR count). The highest BCUT2D eigenvalue weighted by Gasteiger charge is 2.29. The molecular formula is C11H17N5O3. The molecule has 0 radical (unpaired) electrons. The van der Waals surface area contributed by atoms with Gasteiger partial charge in [0, 0.05) is 12.6 Å². The summed E-state index contributed by atoms with van der Waals surface area (Å²) in [4.78, 5) is 22.4. The van der Waals surface area contributed by atoms with Gasteiger partial charge in [-0.1, -0.05) is 11.6 Å². The van der Waals surface area contributed by atoms with Crippen LogP contribution in [0.2, 0.25) is 0 Å². The molecule has 1 aromatic heterocycles. The van der Waals surface area contributed by atoms with Gasteiger partial charge in [0.25, 0.3) is 0 Å². The lowest BCUT2D eigenvalue weighted by molar-refractivity contribution is -0.125. The van der Waals surface area contributed by atoms with Gasteiger partial charge in [0.1, 0.15) is 0 Å². The van der Waals surface area contributed by atoms with Crippen LogP contribution in [0.1, 0.15) is 29.8 Å². The SMILES string of the molecule is NC1CCCC1C(=O)NCCn1cc(C(=O)O)nn1. The molecule has 0 saturated heterocycles.